The summed E-state index contributed by atoms with van der Waals surface area (Å²) in [5, 5.41) is 0.565. The van der Waals surface area contributed by atoms with Crippen molar-refractivity contribution in [3.05, 3.63) is 58.4 Å². The fourth-order valence-electron chi connectivity index (χ4n) is 5.69. The number of alkyl halides is 3. The third kappa shape index (κ3) is 4.87. The Morgan fingerprint density at radius 2 is 1.86 bits per heavy atom. The second kappa shape index (κ2) is 8.86. The SMILES string of the molecule is O=S1(=O)NC2(CN1CC(F)(F)F)C1CCC2CC(/C=C/C2=NCC(c3ccc(F)cc3)O2)=C(Cl)C1. The number of rotatable bonds is 4. The van der Waals surface area contributed by atoms with Crippen molar-refractivity contribution in [2.45, 2.75) is 43.5 Å². The van der Waals surface area contributed by atoms with E-state index >= 15 is 0 Å². The van der Waals surface area contributed by atoms with Crippen molar-refractivity contribution in [1.82, 2.24) is 9.03 Å². The van der Waals surface area contributed by atoms with Crippen LogP contribution in [0.5, 0.6) is 0 Å². The molecule has 2 fully saturated rings. The summed E-state index contributed by atoms with van der Waals surface area (Å²) < 4.78 is 86.3. The second-order valence-electron chi connectivity index (χ2n) is 9.51. The predicted octanol–water partition coefficient (Wildman–Crippen LogP) is 4.62. The summed E-state index contributed by atoms with van der Waals surface area (Å²) >= 11 is 6.62. The summed E-state index contributed by atoms with van der Waals surface area (Å²) in [6.07, 6.45) is 0.742. The maximum Gasteiger partial charge on any atom is 0.402 e. The highest BCUT2D eigenvalue weighted by molar-refractivity contribution is 7.87. The van der Waals surface area contributed by atoms with Crippen LogP contribution in [0.15, 0.2) is 52.0 Å². The zero-order valence-corrected chi connectivity index (χ0v) is 20.1. The number of benzene rings is 1. The zero-order valence-electron chi connectivity index (χ0n) is 18.6. The number of aliphatic imine (C=N–C) groups is 1. The fourth-order valence-corrected chi connectivity index (χ4v) is 7.72. The smallest absolute Gasteiger partial charge is 0.402 e. The largest absolute Gasteiger partial charge is 0.468 e. The van der Waals surface area contributed by atoms with Crippen molar-refractivity contribution in [2.75, 3.05) is 19.6 Å². The monoisotopic (exact) mass is 533 g/mol. The summed E-state index contributed by atoms with van der Waals surface area (Å²) in [6, 6.07) is 6.02. The van der Waals surface area contributed by atoms with Gasteiger partial charge >= 0.3 is 6.18 Å². The van der Waals surface area contributed by atoms with Crippen molar-refractivity contribution in [3.63, 3.8) is 0 Å². The number of ether oxygens (including phenoxy) is 1. The first kappa shape index (κ1) is 24.7. The molecule has 0 radical (unpaired) electrons. The van der Waals surface area contributed by atoms with E-state index in [1.54, 1.807) is 24.3 Å². The van der Waals surface area contributed by atoms with Crippen LogP contribution in [-0.4, -0.2) is 50.0 Å². The lowest BCUT2D eigenvalue weighted by atomic mass is 9.79. The Morgan fingerprint density at radius 1 is 1.17 bits per heavy atom. The Morgan fingerprint density at radius 3 is 2.54 bits per heavy atom. The van der Waals surface area contributed by atoms with E-state index in [9.17, 15) is 26.0 Å². The molecule has 1 aromatic rings. The molecular formula is C23H24ClF4N3O3S. The van der Waals surface area contributed by atoms with Crippen LogP contribution in [0.4, 0.5) is 17.6 Å². The quantitative estimate of drug-likeness (QED) is 0.574. The van der Waals surface area contributed by atoms with Crippen LogP contribution >= 0.6 is 11.6 Å². The van der Waals surface area contributed by atoms with Gasteiger partial charge in [-0.3, -0.25) is 0 Å². The van der Waals surface area contributed by atoms with Gasteiger partial charge in [0.1, 0.15) is 18.5 Å². The molecule has 0 aromatic heterocycles. The topological polar surface area (TPSA) is 71.0 Å². The molecule has 190 valence electrons. The molecule has 1 saturated carbocycles. The van der Waals surface area contributed by atoms with Crippen LogP contribution in [-0.2, 0) is 14.9 Å². The average Bonchev–Trinajstić information content (AvgIpc) is 3.40. The molecule has 4 atom stereocenters. The molecule has 2 aliphatic carbocycles. The normalized spacial score (nSPS) is 32.9. The zero-order chi connectivity index (χ0) is 25.0. The minimum Gasteiger partial charge on any atom is -0.468 e. The van der Waals surface area contributed by atoms with Gasteiger partial charge in [-0.15, -0.1) is 0 Å². The maximum atomic E-state index is 13.2. The van der Waals surface area contributed by atoms with E-state index < -0.39 is 28.5 Å². The van der Waals surface area contributed by atoms with Gasteiger partial charge in [0.2, 0.25) is 5.90 Å². The van der Waals surface area contributed by atoms with Crippen LogP contribution in [0, 0.1) is 17.7 Å². The van der Waals surface area contributed by atoms with Gasteiger partial charge in [0, 0.05) is 17.7 Å². The molecular weight excluding hydrogens is 510 g/mol. The molecule has 4 aliphatic rings. The second-order valence-corrected chi connectivity index (χ2v) is 11.6. The van der Waals surface area contributed by atoms with Gasteiger partial charge in [-0.25, -0.2) is 9.38 Å². The molecule has 1 aromatic carbocycles. The first-order valence-electron chi connectivity index (χ1n) is 11.3. The van der Waals surface area contributed by atoms with Gasteiger partial charge in [0.25, 0.3) is 10.2 Å². The van der Waals surface area contributed by atoms with Crippen LogP contribution in [0.3, 0.4) is 0 Å². The van der Waals surface area contributed by atoms with Crippen molar-refractivity contribution in [3.8, 4) is 0 Å². The van der Waals surface area contributed by atoms with Gasteiger partial charge in [-0.1, -0.05) is 29.8 Å². The summed E-state index contributed by atoms with van der Waals surface area (Å²) in [6.45, 7) is -1.34. The van der Waals surface area contributed by atoms with Gasteiger partial charge in [0.05, 0.1) is 12.1 Å². The van der Waals surface area contributed by atoms with Gasteiger partial charge in [-0.05, 0) is 60.8 Å². The number of hydrogen-bond acceptors (Lipinski definition) is 4. The minimum absolute atomic E-state index is 0.185. The highest BCUT2D eigenvalue weighted by Gasteiger charge is 2.60. The number of halogens is 5. The van der Waals surface area contributed by atoms with Gasteiger partial charge in [0.15, 0.2) is 0 Å². The van der Waals surface area contributed by atoms with E-state index in [1.165, 1.54) is 12.1 Å². The highest BCUT2D eigenvalue weighted by atomic mass is 35.5. The summed E-state index contributed by atoms with van der Waals surface area (Å²) in [5.74, 6) is -0.309. The lowest BCUT2D eigenvalue weighted by molar-refractivity contribution is -0.136. The molecule has 1 saturated heterocycles. The first-order valence-corrected chi connectivity index (χ1v) is 13.1. The molecule has 6 nitrogen and oxygen atoms in total. The number of hydrogen-bond donors (Lipinski definition) is 1. The Labute approximate surface area is 205 Å². The molecule has 5 rings (SSSR count). The van der Waals surface area contributed by atoms with Crippen LogP contribution in [0.1, 0.15) is 37.4 Å². The lowest BCUT2D eigenvalue weighted by Crippen LogP contribution is -2.51. The molecule has 1 N–H and O–H groups in total. The van der Waals surface area contributed by atoms with E-state index in [0.29, 0.717) is 47.5 Å². The predicted molar refractivity (Wildman–Crippen MR) is 122 cm³/mol. The van der Waals surface area contributed by atoms with E-state index in [1.807, 2.05) is 0 Å². The lowest BCUT2D eigenvalue weighted by Gasteiger charge is -2.34. The Hall–Kier alpha value is -1.95. The molecule has 35 heavy (non-hydrogen) atoms. The van der Waals surface area contributed by atoms with E-state index in [-0.39, 0.29) is 30.3 Å². The summed E-state index contributed by atoms with van der Waals surface area (Å²) in [7, 11) is -4.24. The van der Waals surface area contributed by atoms with Crippen molar-refractivity contribution < 1.29 is 30.7 Å². The van der Waals surface area contributed by atoms with E-state index in [0.717, 1.165) is 11.1 Å². The fraction of sp³-hybridized carbons (Fsp3) is 0.522. The molecule has 4 unspecified atom stereocenters. The van der Waals surface area contributed by atoms with Crippen LogP contribution < -0.4 is 4.72 Å². The van der Waals surface area contributed by atoms with Gasteiger partial charge < -0.3 is 4.74 Å². The maximum absolute atomic E-state index is 13.2. The molecule has 2 aliphatic heterocycles. The Kier molecular flexibility index (Phi) is 6.26. The molecule has 12 heteroatoms. The number of allylic oxidation sites excluding steroid dienone is 3. The van der Waals surface area contributed by atoms with E-state index in [4.69, 9.17) is 16.3 Å². The standard InChI is InChI=1S/C23H24ClF4N3O3S/c24-19-10-17-5-4-16(22(17)12-31(13-23(26,27)28)35(32,33)30-22)9-15(19)3-8-21-29-11-20(34-21)14-1-6-18(25)7-2-14/h1-3,6-8,16-17,20,30H,4-5,9-13H2/b8-3+. The van der Waals surface area contributed by atoms with Crippen molar-refractivity contribution >= 4 is 27.7 Å². The average molecular weight is 534 g/mol. The minimum atomic E-state index is -4.62. The summed E-state index contributed by atoms with van der Waals surface area (Å²) in [5.41, 5.74) is 0.624. The first-order chi connectivity index (χ1) is 16.5. The van der Waals surface area contributed by atoms with Crippen LogP contribution in [0.2, 0.25) is 0 Å². The Balaban J connectivity index is 1.30. The van der Waals surface area contributed by atoms with Crippen molar-refractivity contribution in [2.24, 2.45) is 16.8 Å². The molecule has 2 bridgehead atoms. The molecule has 1 spiro atoms. The third-order valence-electron chi connectivity index (χ3n) is 7.36. The number of nitrogens with one attached hydrogen (secondary N) is 1. The van der Waals surface area contributed by atoms with E-state index in [2.05, 4.69) is 9.71 Å². The number of nitrogens with zero attached hydrogens (tertiary/aromatic N) is 2. The highest BCUT2D eigenvalue weighted by Crippen LogP contribution is 2.53. The van der Waals surface area contributed by atoms with Crippen molar-refractivity contribution in [1.29, 1.82) is 0 Å². The Bertz CT molecular complexity index is 1200. The summed E-state index contributed by atoms with van der Waals surface area (Å²) in [4.78, 5) is 4.37. The van der Waals surface area contributed by atoms with Crippen LogP contribution in [0.25, 0.3) is 0 Å². The molecule has 2 heterocycles. The molecule has 0 amide bonds. The van der Waals surface area contributed by atoms with Gasteiger partial charge in [-0.2, -0.15) is 30.6 Å². The third-order valence-corrected chi connectivity index (χ3v) is 9.33.